The smallest absolute Gasteiger partial charge is 0.310 e. The molecular formula is C21H26O4. The number of carbonyl (C=O) groups is 2. The average molecular weight is 342 g/mol. The number of hydrogen-bond donors (Lipinski definition) is 0. The van der Waals surface area contributed by atoms with E-state index in [0.29, 0.717) is 0 Å². The first-order valence-electron chi connectivity index (χ1n) is 9.38. The zero-order valence-electron chi connectivity index (χ0n) is 14.8. The van der Waals surface area contributed by atoms with Crippen LogP contribution in [-0.2, 0) is 20.7 Å². The molecule has 0 saturated heterocycles. The number of benzene rings is 1. The van der Waals surface area contributed by atoms with Gasteiger partial charge in [-0.25, -0.2) is 0 Å². The SMILES string of the molecule is COc1ccc(CC(=O)OCC(=O)C23CC4CC(CC(C4)C2)C3)cc1. The Kier molecular flexibility index (Phi) is 4.30. The van der Waals surface area contributed by atoms with Crippen molar-refractivity contribution in [2.75, 3.05) is 13.7 Å². The van der Waals surface area contributed by atoms with Gasteiger partial charge in [-0.2, -0.15) is 0 Å². The van der Waals surface area contributed by atoms with Gasteiger partial charge in [-0.3, -0.25) is 9.59 Å². The summed E-state index contributed by atoms with van der Waals surface area (Å²) in [5.74, 6) is 2.77. The molecule has 0 aliphatic heterocycles. The Morgan fingerprint density at radius 1 is 1.00 bits per heavy atom. The molecule has 0 N–H and O–H groups in total. The molecule has 0 aromatic heterocycles. The van der Waals surface area contributed by atoms with Crippen LogP contribution in [-0.4, -0.2) is 25.5 Å². The molecule has 0 amide bonds. The first-order valence-corrected chi connectivity index (χ1v) is 9.38. The van der Waals surface area contributed by atoms with E-state index in [0.717, 1.165) is 48.3 Å². The highest BCUT2D eigenvalue weighted by Gasteiger charge is 2.54. The van der Waals surface area contributed by atoms with Crippen LogP contribution in [0.25, 0.3) is 0 Å². The lowest BCUT2D eigenvalue weighted by molar-refractivity contribution is -0.157. The third kappa shape index (κ3) is 3.31. The predicted molar refractivity (Wildman–Crippen MR) is 93.3 cm³/mol. The van der Waals surface area contributed by atoms with Crippen LogP contribution in [0.3, 0.4) is 0 Å². The Morgan fingerprint density at radius 3 is 2.08 bits per heavy atom. The molecule has 0 spiro atoms. The van der Waals surface area contributed by atoms with E-state index in [1.54, 1.807) is 7.11 Å². The van der Waals surface area contributed by atoms with E-state index in [1.165, 1.54) is 19.3 Å². The van der Waals surface area contributed by atoms with Gasteiger partial charge in [0, 0.05) is 5.41 Å². The van der Waals surface area contributed by atoms with E-state index in [2.05, 4.69) is 0 Å². The zero-order valence-corrected chi connectivity index (χ0v) is 14.8. The summed E-state index contributed by atoms with van der Waals surface area (Å²) < 4.78 is 10.4. The first kappa shape index (κ1) is 16.6. The molecule has 1 aromatic rings. The van der Waals surface area contributed by atoms with Gasteiger partial charge in [0.1, 0.15) is 5.75 Å². The van der Waals surface area contributed by atoms with Gasteiger partial charge in [-0.1, -0.05) is 12.1 Å². The summed E-state index contributed by atoms with van der Waals surface area (Å²) in [6, 6.07) is 7.34. The molecular weight excluding hydrogens is 316 g/mol. The second-order valence-electron chi connectivity index (χ2n) is 8.31. The molecule has 1 aromatic carbocycles. The van der Waals surface area contributed by atoms with Crippen molar-refractivity contribution in [3.8, 4) is 5.75 Å². The Hall–Kier alpha value is -1.84. The fourth-order valence-corrected chi connectivity index (χ4v) is 5.71. The van der Waals surface area contributed by atoms with Crippen molar-refractivity contribution in [2.24, 2.45) is 23.2 Å². The summed E-state index contributed by atoms with van der Waals surface area (Å²) in [7, 11) is 1.61. The van der Waals surface area contributed by atoms with Crippen LogP contribution in [0.5, 0.6) is 5.75 Å². The van der Waals surface area contributed by atoms with Crippen LogP contribution in [0.15, 0.2) is 24.3 Å². The van der Waals surface area contributed by atoms with Crippen LogP contribution in [0, 0.1) is 23.2 Å². The van der Waals surface area contributed by atoms with Crippen molar-refractivity contribution in [3.63, 3.8) is 0 Å². The Balaban J connectivity index is 1.31. The van der Waals surface area contributed by atoms with Crippen LogP contribution < -0.4 is 4.74 Å². The largest absolute Gasteiger partial charge is 0.497 e. The summed E-state index contributed by atoms with van der Waals surface area (Å²) in [6.45, 7) is -0.0544. The van der Waals surface area contributed by atoms with E-state index >= 15 is 0 Å². The van der Waals surface area contributed by atoms with Gasteiger partial charge in [-0.05, 0) is 74.0 Å². The number of ketones is 1. The van der Waals surface area contributed by atoms with Gasteiger partial charge in [0.2, 0.25) is 0 Å². The molecule has 0 atom stereocenters. The molecule has 4 nitrogen and oxygen atoms in total. The van der Waals surface area contributed by atoms with E-state index in [4.69, 9.17) is 9.47 Å². The molecule has 0 radical (unpaired) electrons. The third-order valence-electron chi connectivity index (χ3n) is 6.50. The Bertz CT molecular complexity index is 626. The second-order valence-corrected chi connectivity index (χ2v) is 8.31. The van der Waals surface area contributed by atoms with E-state index in [1.807, 2.05) is 24.3 Å². The summed E-state index contributed by atoms with van der Waals surface area (Å²) in [4.78, 5) is 24.9. The maximum atomic E-state index is 12.8. The predicted octanol–water partition coefficient (Wildman–Crippen LogP) is 3.57. The molecule has 25 heavy (non-hydrogen) atoms. The minimum Gasteiger partial charge on any atom is -0.497 e. The fourth-order valence-electron chi connectivity index (χ4n) is 5.71. The molecule has 4 bridgehead atoms. The quantitative estimate of drug-likeness (QED) is 0.742. The highest BCUT2D eigenvalue weighted by molar-refractivity contribution is 5.88. The Morgan fingerprint density at radius 2 is 1.56 bits per heavy atom. The maximum Gasteiger partial charge on any atom is 0.310 e. The third-order valence-corrected chi connectivity index (χ3v) is 6.50. The summed E-state index contributed by atoms with van der Waals surface area (Å²) in [5, 5.41) is 0. The highest BCUT2D eigenvalue weighted by atomic mass is 16.5. The summed E-state index contributed by atoms with van der Waals surface area (Å²) in [5.41, 5.74) is 0.683. The van der Waals surface area contributed by atoms with Crippen LogP contribution in [0.1, 0.15) is 44.1 Å². The molecule has 4 aliphatic rings. The van der Waals surface area contributed by atoms with Crippen LogP contribution in [0.4, 0.5) is 0 Å². The van der Waals surface area contributed by atoms with Gasteiger partial charge < -0.3 is 9.47 Å². The highest BCUT2D eigenvalue weighted by Crippen LogP contribution is 2.60. The molecule has 0 unspecified atom stereocenters. The number of Topliss-reactive ketones (excluding diaryl/α,β-unsaturated/α-hetero) is 1. The fraction of sp³-hybridized carbons (Fsp3) is 0.619. The molecule has 5 rings (SSSR count). The molecule has 4 fully saturated rings. The molecule has 134 valence electrons. The van der Waals surface area contributed by atoms with Crippen LogP contribution in [0.2, 0.25) is 0 Å². The molecule has 4 saturated carbocycles. The summed E-state index contributed by atoms with van der Waals surface area (Å²) >= 11 is 0. The number of esters is 1. The minimum absolute atomic E-state index is 0.0544. The van der Waals surface area contributed by atoms with Gasteiger partial charge in [-0.15, -0.1) is 0 Å². The monoisotopic (exact) mass is 342 g/mol. The zero-order chi connectivity index (χ0) is 17.4. The van der Waals surface area contributed by atoms with Crippen molar-refractivity contribution < 1.29 is 19.1 Å². The number of methoxy groups -OCH3 is 1. The van der Waals surface area contributed by atoms with Crippen molar-refractivity contribution in [1.29, 1.82) is 0 Å². The van der Waals surface area contributed by atoms with E-state index in [9.17, 15) is 9.59 Å². The lowest BCUT2D eigenvalue weighted by Crippen LogP contribution is -2.51. The topological polar surface area (TPSA) is 52.6 Å². The average Bonchev–Trinajstić information content (AvgIpc) is 2.59. The number of rotatable bonds is 6. The van der Waals surface area contributed by atoms with Gasteiger partial charge in [0.25, 0.3) is 0 Å². The van der Waals surface area contributed by atoms with Gasteiger partial charge >= 0.3 is 5.97 Å². The minimum atomic E-state index is -0.330. The number of hydrogen-bond acceptors (Lipinski definition) is 4. The molecule has 4 heteroatoms. The molecule has 0 heterocycles. The first-order chi connectivity index (χ1) is 12.1. The number of carbonyl (C=O) groups excluding carboxylic acids is 2. The van der Waals surface area contributed by atoms with Gasteiger partial charge in [0.05, 0.1) is 13.5 Å². The van der Waals surface area contributed by atoms with Crippen molar-refractivity contribution in [1.82, 2.24) is 0 Å². The van der Waals surface area contributed by atoms with Gasteiger partial charge in [0.15, 0.2) is 12.4 Å². The van der Waals surface area contributed by atoms with Crippen molar-refractivity contribution >= 4 is 11.8 Å². The van der Waals surface area contributed by atoms with Crippen molar-refractivity contribution in [2.45, 2.75) is 44.9 Å². The Labute approximate surface area is 148 Å². The summed E-state index contributed by atoms with van der Waals surface area (Å²) in [6.07, 6.45) is 7.19. The standard InChI is InChI=1S/C21H26O4/c1-24-18-4-2-14(3-5-18)9-20(23)25-13-19(22)21-10-15-6-16(11-21)8-17(7-15)12-21/h2-5,15-17H,6-13H2,1H3. The second kappa shape index (κ2) is 6.47. The lowest BCUT2D eigenvalue weighted by atomic mass is 9.48. The van der Waals surface area contributed by atoms with Crippen LogP contribution >= 0.6 is 0 Å². The van der Waals surface area contributed by atoms with E-state index in [-0.39, 0.29) is 30.2 Å². The lowest BCUT2D eigenvalue weighted by Gasteiger charge is -2.55. The number of ether oxygens (including phenoxy) is 2. The van der Waals surface area contributed by atoms with Crippen molar-refractivity contribution in [3.05, 3.63) is 29.8 Å². The van der Waals surface area contributed by atoms with E-state index < -0.39 is 0 Å². The normalized spacial score (nSPS) is 32.4. The molecule has 4 aliphatic carbocycles. The maximum absolute atomic E-state index is 12.8.